The Balaban J connectivity index is 2.18. The molecule has 2 atom stereocenters. The summed E-state index contributed by atoms with van der Waals surface area (Å²) < 4.78 is 10.3. The van der Waals surface area contributed by atoms with Crippen LogP contribution in [0.15, 0.2) is 0 Å². The Bertz CT molecular complexity index is 165. The molecule has 0 bridgehead atoms. The average Bonchev–Trinajstić information content (AvgIpc) is 2.67. The molecule has 2 unspecified atom stereocenters. The molecule has 0 aromatic rings. The van der Waals surface area contributed by atoms with E-state index < -0.39 is 0 Å². The molecule has 0 saturated heterocycles. The van der Waals surface area contributed by atoms with E-state index in [4.69, 9.17) is 9.47 Å². The first-order valence-corrected chi connectivity index (χ1v) is 4.47. The van der Waals surface area contributed by atoms with Gasteiger partial charge in [0.05, 0.1) is 24.7 Å². The van der Waals surface area contributed by atoms with Crippen molar-refractivity contribution >= 4 is 5.97 Å². The SMILES string of the molecule is CCOC(=O)C1CC1OC(C)C. The Kier molecular flexibility index (Phi) is 3.09. The molecule has 0 aliphatic heterocycles. The number of carbonyl (C=O) groups excluding carboxylic acids is 1. The summed E-state index contributed by atoms with van der Waals surface area (Å²) in [6.07, 6.45) is 1.15. The van der Waals surface area contributed by atoms with E-state index in [0.717, 1.165) is 6.42 Å². The zero-order valence-corrected chi connectivity index (χ0v) is 7.87. The van der Waals surface area contributed by atoms with Crippen LogP contribution in [-0.4, -0.2) is 24.8 Å². The fraction of sp³-hybridized carbons (Fsp3) is 0.889. The van der Waals surface area contributed by atoms with Gasteiger partial charge in [0, 0.05) is 0 Å². The van der Waals surface area contributed by atoms with Crippen LogP contribution < -0.4 is 0 Å². The van der Waals surface area contributed by atoms with Crippen molar-refractivity contribution in [1.29, 1.82) is 0 Å². The third kappa shape index (κ3) is 2.48. The van der Waals surface area contributed by atoms with Crippen LogP contribution in [0, 0.1) is 5.92 Å². The lowest BCUT2D eigenvalue weighted by atomic mass is 10.4. The molecule has 1 rings (SSSR count). The zero-order valence-electron chi connectivity index (χ0n) is 7.87. The largest absolute Gasteiger partial charge is 0.466 e. The third-order valence-corrected chi connectivity index (χ3v) is 1.77. The van der Waals surface area contributed by atoms with E-state index in [1.807, 2.05) is 20.8 Å². The highest BCUT2D eigenvalue weighted by molar-refractivity contribution is 5.76. The van der Waals surface area contributed by atoms with Crippen LogP contribution in [0.4, 0.5) is 0 Å². The van der Waals surface area contributed by atoms with Gasteiger partial charge in [-0.1, -0.05) is 0 Å². The quantitative estimate of drug-likeness (QED) is 0.601. The molecule has 0 N–H and O–H groups in total. The van der Waals surface area contributed by atoms with Crippen molar-refractivity contribution in [3.63, 3.8) is 0 Å². The summed E-state index contributed by atoms with van der Waals surface area (Å²) >= 11 is 0. The second-order valence-electron chi connectivity index (χ2n) is 3.32. The van der Waals surface area contributed by atoms with Crippen LogP contribution in [0.2, 0.25) is 0 Å². The van der Waals surface area contributed by atoms with E-state index in [0.29, 0.717) is 6.61 Å². The van der Waals surface area contributed by atoms with Crippen molar-refractivity contribution in [1.82, 2.24) is 0 Å². The van der Waals surface area contributed by atoms with Crippen molar-refractivity contribution in [2.75, 3.05) is 6.61 Å². The van der Waals surface area contributed by atoms with Gasteiger partial charge < -0.3 is 9.47 Å². The summed E-state index contributed by atoms with van der Waals surface area (Å²) in [5.74, 6) is -0.101. The van der Waals surface area contributed by atoms with Gasteiger partial charge in [-0.05, 0) is 27.2 Å². The molecule has 1 fully saturated rings. The first-order chi connectivity index (χ1) is 5.65. The Morgan fingerprint density at radius 1 is 1.58 bits per heavy atom. The minimum Gasteiger partial charge on any atom is -0.466 e. The van der Waals surface area contributed by atoms with Gasteiger partial charge in [-0.25, -0.2) is 0 Å². The lowest BCUT2D eigenvalue weighted by Gasteiger charge is -2.05. The van der Waals surface area contributed by atoms with Crippen molar-refractivity contribution in [3.05, 3.63) is 0 Å². The minimum atomic E-state index is -0.108. The van der Waals surface area contributed by atoms with Gasteiger partial charge in [0.15, 0.2) is 0 Å². The van der Waals surface area contributed by atoms with Gasteiger partial charge >= 0.3 is 5.97 Å². The van der Waals surface area contributed by atoms with E-state index in [9.17, 15) is 4.79 Å². The molecule has 1 aliphatic rings. The van der Waals surface area contributed by atoms with E-state index >= 15 is 0 Å². The molecule has 1 saturated carbocycles. The first-order valence-electron chi connectivity index (χ1n) is 4.47. The predicted octanol–water partition coefficient (Wildman–Crippen LogP) is 1.36. The zero-order chi connectivity index (χ0) is 9.14. The standard InChI is InChI=1S/C9H16O3/c1-4-11-9(10)7-5-8(7)12-6(2)3/h6-8H,4-5H2,1-3H3. The molecule has 0 amide bonds. The molecule has 3 heteroatoms. The normalized spacial score (nSPS) is 27.3. The van der Waals surface area contributed by atoms with Crippen molar-refractivity contribution in [2.24, 2.45) is 5.92 Å². The smallest absolute Gasteiger partial charge is 0.311 e. The van der Waals surface area contributed by atoms with E-state index in [-0.39, 0.29) is 24.1 Å². The van der Waals surface area contributed by atoms with Crippen LogP contribution in [0.1, 0.15) is 27.2 Å². The Hall–Kier alpha value is -0.570. The maximum atomic E-state index is 11.1. The highest BCUT2D eigenvalue weighted by Gasteiger charge is 2.45. The average molecular weight is 172 g/mol. The van der Waals surface area contributed by atoms with Gasteiger partial charge in [-0.3, -0.25) is 4.79 Å². The van der Waals surface area contributed by atoms with Crippen molar-refractivity contribution in [2.45, 2.75) is 39.4 Å². The topological polar surface area (TPSA) is 35.5 Å². The van der Waals surface area contributed by atoms with Gasteiger partial charge in [-0.2, -0.15) is 0 Å². The van der Waals surface area contributed by atoms with Gasteiger partial charge in [0.25, 0.3) is 0 Å². The molecule has 0 spiro atoms. The summed E-state index contributed by atoms with van der Waals surface area (Å²) in [5.41, 5.74) is 0. The van der Waals surface area contributed by atoms with Gasteiger partial charge in [-0.15, -0.1) is 0 Å². The first kappa shape index (κ1) is 9.52. The van der Waals surface area contributed by atoms with Crippen molar-refractivity contribution < 1.29 is 14.3 Å². The molecule has 0 radical (unpaired) electrons. The number of rotatable bonds is 4. The van der Waals surface area contributed by atoms with Gasteiger partial charge in [0.1, 0.15) is 0 Å². The Morgan fingerprint density at radius 3 is 2.75 bits per heavy atom. The summed E-state index contributed by atoms with van der Waals surface area (Å²) in [5, 5.41) is 0. The number of hydrogen-bond acceptors (Lipinski definition) is 3. The highest BCUT2D eigenvalue weighted by Crippen LogP contribution is 2.35. The number of hydrogen-bond donors (Lipinski definition) is 0. The van der Waals surface area contributed by atoms with Gasteiger partial charge in [0.2, 0.25) is 0 Å². The summed E-state index contributed by atoms with van der Waals surface area (Å²) in [6.45, 7) is 6.23. The van der Waals surface area contributed by atoms with Crippen LogP contribution >= 0.6 is 0 Å². The monoisotopic (exact) mass is 172 g/mol. The Morgan fingerprint density at radius 2 is 2.25 bits per heavy atom. The summed E-state index contributed by atoms with van der Waals surface area (Å²) in [6, 6.07) is 0. The predicted molar refractivity (Wildman–Crippen MR) is 44.7 cm³/mol. The second kappa shape index (κ2) is 3.90. The maximum absolute atomic E-state index is 11.1. The fourth-order valence-corrected chi connectivity index (χ4v) is 1.17. The van der Waals surface area contributed by atoms with E-state index in [1.165, 1.54) is 0 Å². The summed E-state index contributed by atoms with van der Waals surface area (Å²) in [4.78, 5) is 11.1. The maximum Gasteiger partial charge on any atom is 0.311 e. The van der Waals surface area contributed by atoms with Crippen LogP contribution in [-0.2, 0) is 14.3 Å². The number of carbonyl (C=O) groups is 1. The summed E-state index contributed by atoms with van der Waals surface area (Å²) in [7, 11) is 0. The lowest BCUT2D eigenvalue weighted by Crippen LogP contribution is -2.13. The molecule has 1 aliphatic carbocycles. The third-order valence-electron chi connectivity index (χ3n) is 1.77. The van der Waals surface area contributed by atoms with E-state index in [2.05, 4.69) is 0 Å². The molecule has 70 valence electrons. The fourth-order valence-electron chi connectivity index (χ4n) is 1.17. The molecule has 3 nitrogen and oxygen atoms in total. The molecule has 0 heterocycles. The van der Waals surface area contributed by atoms with Crippen LogP contribution in [0.5, 0.6) is 0 Å². The molecular formula is C9H16O3. The number of ether oxygens (including phenoxy) is 2. The lowest BCUT2D eigenvalue weighted by molar-refractivity contribution is -0.146. The second-order valence-corrected chi connectivity index (χ2v) is 3.32. The Labute approximate surface area is 73.0 Å². The van der Waals surface area contributed by atoms with Crippen LogP contribution in [0.3, 0.4) is 0 Å². The van der Waals surface area contributed by atoms with E-state index in [1.54, 1.807) is 0 Å². The van der Waals surface area contributed by atoms with Crippen molar-refractivity contribution in [3.8, 4) is 0 Å². The molecule has 0 aromatic heterocycles. The highest BCUT2D eigenvalue weighted by atomic mass is 16.5. The molecule has 12 heavy (non-hydrogen) atoms. The minimum absolute atomic E-state index is 0.00681. The van der Waals surface area contributed by atoms with Crippen LogP contribution in [0.25, 0.3) is 0 Å². The molecular weight excluding hydrogens is 156 g/mol. The molecule has 0 aromatic carbocycles. The number of esters is 1.